The fourth-order valence-electron chi connectivity index (χ4n) is 5.24. The minimum absolute atomic E-state index is 0.00251. The average Bonchev–Trinajstić information content (AvgIpc) is 2.69. The van der Waals surface area contributed by atoms with E-state index in [9.17, 15) is 39.9 Å². The smallest absolute Gasteiger partial charge is 0.255 e. The molecule has 10 nitrogen and oxygen atoms in total. The maximum Gasteiger partial charge on any atom is 0.255 e. The lowest BCUT2D eigenvalue weighted by Gasteiger charge is -2.51. The number of rotatable bonds is 2. The van der Waals surface area contributed by atoms with Crippen molar-refractivity contribution in [2.45, 2.75) is 24.2 Å². The van der Waals surface area contributed by atoms with E-state index in [4.69, 9.17) is 17.3 Å². The highest BCUT2D eigenvalue weighted by molar-refractivity contribution is 6.32. The minimum Gasteiger partial charge on any atom is -0.508 e. The number of benzene rings is 1. The molecule has 1 saturated carbocycles. The number of amides is 1. The van der Waals surface area contributed by atoms with Crippen molar-refractivity contribution in [1.82, 2.24) is 4.90 Å². The molecule has 0 aliphatic heterocycles. The van der Waals surface area contributed by atoms with Crippen LogP contribution in [0, 0.1) is 11.8 Å². The second kappa shape index (κ2) is 7.04. The number of ketones is 2. The zero-order valence-electron chi connectivity index (χ0n) is 17.0. The van der Waals surface area contributed by atoms with E-state index in [1.54, 1.807) is 0 Å². The molecule has 11 heteroatoms. The molecule has 0 saturated heterocycles. The number of carbonyl (C=O) groups is 3. The second-order valence-corrected chi connectivity index (χ2v) is 8.87. The van der Waals surface area contributed by atoms with Gasteiger partial charge < -0.3 is 31.3 Å². The number of carbonyl (C=O) groups excluding carboxylic acids is 3. The predicted molar refractivity (Wildman–Crippen MR) is 111 cm³/mol. The van der Waals surface area contributed by atoms with Crippen LogP contribution in [0.1, 0.15) is 23.7 Å². The molecule has 0 bridgehead atoms. The molecule has 3 aliphatic rings. The van der Waals surface area contributed by atoms with Crippen molar-refractivity contribution in [2.24, 2.45) is 17.6 Å². The van der Waals surface area contributed by atoms with Crippen LogP contribution in [-0.2, 0) is 14.4 Å². The van der Waals surface area contributed by atoms with Gasteiger partial charge in [-0.25, -0.2) is 0 Å². The summed E-state index contributed by atoms with van der Waals surface area (Å²) in [5.41, 5.74) is 0.845. The number of nitrogens with zero attached hydrogens (tertiary/aromatic N) is 1. The normalized spacial score (nSPS) is 32.1. The quantitative estimate of drug-likeness (QED) is 0.331. The van der Waals surface area contributed by atoms with E-state index in [2.05, 4.69) is 0 Å². The Kier molecular flexibility index (Phi) is 4.90. The van der Waals surface area contributed by atoms with Crippen molar-refractivity contribution < 1.29 is 39.9 Å². The predicted octanol–water partition coefficient (Wildman–Crippen LogP) is 0.108. The molecule has 32 heavy (non-hydrogen) atoms. The summed E-state index contributed by atoms with van der Waals surface area (Å²) in [6, 6.07) is 1.25. The highest BCUT2D eigenvalue weighted by Crippen LogP contribution is 2.56. The number of halogens is 1. The van der Waals surface area contributed by atoms with Gasteiger partial charge in [0, 0.05) is 28.0 Å². The lowest BCUT2D eigenvalue weighted by molar-refractivity contribution is -0.155. The molecule has 170 valence electrons. The largest absolute Gasteiger partial charge is 0.508 e. The zero-order valence-corrected chi connectivity index (χ0v) is 17.8. The SMILES string of the molecule is CN(C)[C@@H]1C(=O)C(C(N)=O)=C(O)C2(O)C(=O)C3=C(O)c4c(O)ccc(Cl)c4[C@@H](O)[C@H]3C[C@@H]12. The number of fused-ring (bicyclic) bond motifs is 3. The van der Waals surface area contributed by atoms with E-state index in [1.165, 1.54) is 31.1 Å². The van der Waals surface area contributed by atoms with Gasteiger partial charge >= 0.3 is 0 Å². The fourth-order valence-corrected chi connectivity index (χ4v) is 5.51. The topological polar surface area (TPSA) is 182 Å². The van der Waals surface area contributed by atoms with Crippen LogP contribution < -0.4 is 5.73 Å². The van der Waals surface area contributed by atoms with E-state index < -0.39 is 75.5 Å². The number of primary amides is 1. The lowest BCUT2D eigenvalue weighted by Crippen LogP contribution is -2.66. The molecular weight excluding hydrogens is 444 g/mol. The van der Waals surface area contributed by atoms with Gasteiger partial charge in [-0.2, -0.15) is 0 Å². The zero-order chi connectivity index (χ0) is 23.9. The summed E-state index contributed by atoms with van der Waals surface area (Å²) in [5, 5.41) is 54.4. The van der Waals surface area contributed by atoms with E-state index >= 15 is 0 Å². The van der Waals surface area contributed by atoms with E-state index in [-0.39, 0.29) is 22.6 Å². The van der Waals surface area contributed by atoms with Crippen LogP contribution >= 0.6 is 11.6 Å². The Morgan fingerprint density at radius 3 is 2.41 bits per heavy atom. The molecule has 0 aromatic heterocycles. The molecule has 1 aromatic rings. The molecule has 0 radical (unpaired) electrons. The summed E-state index contributed by atoms with van der Waals surface area (Å²) in [4.78, 5) is 39.8. The summed E-state index contributed by atoms with van der Waals surface area (Å²) >= 11 is 6.19. The molecule has 1 aromatic carbocycles. The third kappa shape index (κ3) is 2.61. The first-order chi connectivity index (χ1) is 14.8. The lowest BCUT2D eigenvalue weighted by atomic mass is 9.57. The Bertz CT molecular complexity index is 1160. The Morgan fingerprint density at radius 2 is 1.84 bits per heavy atom. The van der Waals surface area contributed by atoms with Gasteiger partial charge in [0.25, 0.3) is 5.91 Å². The van der Waals surface area contributed by atoms with Crippen LogP contribution in [0.15, 0.2) is 29.0 Å². The molecule has 3 aliphatic carbocycles. The third-order valence-electron chi connectivity index (χ3n) is 6.64. The Balaban J connectivity index is 2.03. The number of likely N-dealkylation sites (N-methyl/N-ethyl adjacent to an activating group) is 1. The highest BCUT2D eigenvalue weighted by Gasteiger charge is 2.65. The van der Waals surface area contributed by atoms with E-state index in [1.807, 2.05) is 0 Å². The number of aromatic hydroxyl groups is 1. The van der Waals surface area contributed by atoms with Crippen LogP contribution in [-0.4, -0.2) is 73.6 Å². The van der Waals surface area contributed by atoms with Crippen molar-refractivity contribution in [3.63, 3.8) is 0 Å². The first-order valence-electron chi connectivity index (χ1n) is 9.69. The molecule has 7 N–H and O–H groups in total. The minimum atomic E-state index is -2.77. The number of Topliss-reactive ketones (excluding diaryl/α,β-unsaturated/α-hetero) is 2. The van der Waals surface area contributed by atoms with Crippen LogP contribution in [0.4, 0.5) is 0 Å². The van der Waals surface area contributed by atoms with Crippen LogP contribution in [0.3, 0.4) is 0 Å². The first kappa shape index (κ1) is 22.3. The van der Waals surface area contributed by atoms with Crippen molar-refractivity contribution >= 4 is 34.8 Å². The van der Waals surface area contributed by atoms with Gasteiger partial charge in [-0.1, -0.05) is 11.6 Å². The molecule has 1 unspecified atom stereocenters. The van der Waals surface area contributed by atoms with Gasteiger partial charge in [-0.3, -0.25) is 19.3 Å². The number of phenols is 1. The highest BCUT2D eigenvalue weighted by atomic mass is 35.5. The molecule has 1 amide bonds. The summed E-state index contributed by atoms with van der Waals surface area (Å²) in [6.07, 6.45) is -1.70. The molecular formula is C21H21ClN2O8. The number of aliphatic hydroxyl groups is 4. The maximum absolute atomic E-state index is 13.6. The van der Waals surface area contributed by atoms with Gasteiger partial charge in [0.1, 0.15) is 22.8 Å². The van der Waals surface area contributed by atoms with Crippen molar-refractivity contribution in [3.05, 3.63) is 45.2 Å². The van der Waals surface area contributed by atoms with Gasteiger partial charge in [0.15, 0.2) is 11.4 Å². The van der Waals surface area contributed by atoms with Crippen LogP contribution in [0.25, 0.3) is 5.76 Å². The number of nitrogens with two attached hydrogens (primary N) is 1. The molecule has 0 spiro atoms. The number of aliphatic hydroxyl groups excluding tert-OH is 3. The Hall–Kier alpha value is -2.92. The molecule has 5 atom stereocenters. The number of hydrogen-bond donors (Lipinski definition) is 6. The third-order valence-corrected chi connectivity index (χ3v) is 6.97. The summed E-state index contributed by atoms with van der Waals surface area (Å²) < 4.78 is 0. The second-order valence-electron chi connectivity index (χ2n) is 8.47. The molecule has 1 fully saturated rings. The van der Waals surface area contributed by atoms with Gasteiger partial charge in [0.05, 0.1) is 17.7 Å². The first-order valence-corrected chi connectivity index (χ1v) is 10.1. The number of hydrogen-bond acceptors (Lipinski definition) is 9. The molecule has 0 heterocycles. The number of phenolic OH excluding ortho intramolecular Hbond substituents is 1. The average molecular weight is 465 g/mol. The van der Waals surface area contributed by atoms with Crippen molar-refractivity contribution in [2.75, 3.05) is 14.1 Å². The van der Waals surface area contributed by atoms with Crippen molar-refractivity contribution in [3.8, 4) is 5.75 Å². The van der Waals surface area contributed by atoms with Gasteiger partial charge in [-0.05, 0) is 32.6 Å². The van der Waals surface area contributed by atoms with Gasteiger partial charge in [-0.15, -0.1) is 0 Å². The molecule has 4 rings (SSSR count). The maximum atomic E-state index is 13.6. The summed E-state index contributed by atoms with van der Waals surface area (Å²) in [6.45, 7) is 0. The standard InChI is InChI=1S/C21H21ClN2O8/c1-24(2)14-7-5-6-10(16(27)12-9(25)4-3-8(22)11(12)15(6)26)18(29)21(7,32)19(30)13(17(14)28)20(23)31/h3-4,6-7,14-15,25-27,30,32H,5H2,1-2H3,(H2,23,31)/t6-,7-,14-,15-,21?/m0/s1. The van der Waals surface area contributed by atoms with E-state index in [0.717, 1.165) is 0 Å². The van der Waals surface area contributed by atoms with Gasteiger partial charge in [0.2, 0.25) is 5.78 Å². The Morgan fingerprint density at radius 1 is 1.22 bits per heavy atom. The van der Waals surface area contributed by atoms with Crippen molar-refractivity contribution in [1.29, 1.82) is 0 Å². The Labute approximate surface area is 186 Å². The van der Waals surface area contributed by atoms with Crippen LogP contribution in [0.2, 0.25) is 5.02 Å². The summed E-state index contributed by atoms with van der Waals surface area (Å²) in [7, 11) is 2.97. The van der Waals surface area contributed by atoms with Crippen LogP contribution in [0.5, 0.6) is 5.75 Å². The summed E-state index contributed by atoms with van der Waals surface area (Å²) in [5.74, 6) is -8.19. The monoisotopic (exact) mass is 464 g/mol. The van der Waals surface area contributed by atoms with E-state index in [0.29, 0.717) is 0 Å². The fraction of sp³-hybridized carbons (Fsp3) is 0.381.